The van der Waals surface area contributed by atoms with E-state index in [4.69, 9.17) is 0 Å². The van der Waals surface area contributed by atoms with E-state index < -0.39 is 0 Å². The Kier molecular flexibility index (Phi) is 2.27. The van der Waals surface area contributed by atoms with Crippen LogP contribution >= 0.6 is 15.9 Å². The van der Waals surface area contributed by atoms with E-state index in [9.17, 15) is 0 Å². The number of hydrogen-bond acceptors (Lipinski definition) is 0. The summed E-state index contributed by atoms with van der Waals surface area (Å²) in [5.41, 5.74) is 0. The molecule has 0 atom stereocenters. The van der Waals surface area contributed by atoms with E-state index >= 15 is 0 Å². The topological polar surface area (TPSA) is 0 Å². The molecule has 7 rings (SSSR count). The van der Waals surface area contributed by atoms with Gasteiger partial charge in [-0.2, -0.15) is 0 Å². The molecule has 0 radical (unpaired) electrons. The highest BCUT2D eigenvalue weighted by atomic mass is 79.9. The van der Waals surface area contributed by atoms with Gasteiger partial charge < -0.3 is 0 Å². The molecule has 90 valence electrons. The van der Waals surface area contributed by atoms with Crippen molar-refractivity contribution in [2.24, 2.45) is 47.3 Å². The molecule has 0 unspecified atom stereocenters. The molecule has 0 saturated heterocycles. The first-order valence-corrected chi connectivity index (χ1v) is 8.86. The van der Waals surface area contributed by atoms with Crippen LogP contribution in [0.15, 0.2) is 0 Å². The van der Waals surface area contributed by atoms with Crippen LogP contribution in [0.2, 0.25) is 0 Å². The summed E-state index contributed by atoms with van der Waals surface area (Å²) >= 11 is 2.94. The van der Waals surface area contributed by atoms with Crippen molar-refractivity contribution in [2.75, 3.05) is 5.83 Å². The maximum absolute atomic E-state index is 2.94. The summed E-state index contributed by atoms with van der Waals surface area (Å²) < 4.78 is 0. The zero-order chi connectivity index (χ0) is 10.9. The third kappa shape index (κ3) is 1.12. The Bertz CT molecular complexity index is 210. The lowest BCUT2D eigenvalue weighted by molar-refractivity contribution is -0.202. The number of alkyl halides is 1. The van der Waals surface area contributed by atoms with Crippen LogP contribution in [-0.2, 0) is 0 Å². The van der Waals surface area contributed by atoms with Gasteiger partial charge in [-0.05, 0) is 91.7 Å². The summed E-state index contributed by atoms with van der Waals surface area (Å²) in [7, 11) is 0. The molecule has 0 aliphatic heterocycles. The van der Waals surface area contributed by atoms with E-state index in [0.717, 1.165) is 0 Å². The lowest BCUT2D eigenvalue weighted by atomic mass is 9.36. The number of hydrogen-bond donors (Lipinski definition) is 0. The summed E-state index contributed by atoms with van der Waals surface area (Å²) in [6, 6.07) is 0. The Hall–Kier alpha value is 0.480. The lowest BCUT2D eigenvalue weighted by Gasteiger charge is -2.69. The van der Waals surface area contributed by atoms with Crippen molar-refractivity contribution in [3.8, 4) is 0 Å². The standard InChI is InChI=1S/C14H20.CH3Br/c1-7-2-12-10-4-8-5-11(9(1)10)13(3-7)14(12)6-8;1-2/h7-14H,1-6H2;1H3. The van der Waals surface area contributed by atoms with Gasteiger partial charge in [0.2, 0.25) is 0 Å². The Morgan fingerprint density at radius 2 is 0.688 bits per heavy atom. The first kappa shape index (κ1) is 10.4. The third-order valence-corrected chi connectivity index (χ3v) is 6.93. The maximum Gasteiger partial charge on any atom is -0.00848 e. The summed E-state index contributed by atoms with van der Waals surface area (Å²) in [6.45, 7) is 0. The molecule has 16 heavy (non-hydrogen) atoms. The van der Waals surface area contributed by atoms with Crippen LogP contribution in [0.3, 0.4) is 0 Å². The average molecular weight is 283 g/mol. The molecule has 8 bridgehead atoms. The molecule has 0 heterocycles. The highest BCUT2D eigenvalue weighted by Crippen LogP contribution is 2.71. The second-order valence-electron chi connectivity index (χ2n) is 7.13. The van der Waals surface area contributed by atoms with Crippen LogP contribution in [-0.4, -0.2) is 5.83 Å². The molecule has 0 aromatic rings. The molecule has 0 amide bonds. The molecular weight excluding hydrogens is 260 g/mol. The van der Waals surface area contributed by atoms with Crippen molar-refractivity contribution in [3.05, 3.63) is 0 Å². The monoisotopic (exact) mass is 282 g/mol. The Labute approximate surface area is 108 Å². The van der Waals surface area contributed by atoms with E-state index in [0.29, 0.717) is 0 Å². The summed E-state index contributed by atoms with van der Waals surface area (Å²) in [5.74, 6) is 11.6. The van der Waals surface area contributed by atoms with Gasteiger partial charge in [-0.25, -0.2) is 0 Å². The molecule has 7 aliphatic rings. The van der Waals surface area contributed by atoms with Crippen LogP contribution in [0.1, 0.15) is 38.5 Å². The van der Waals surface area contributed by atoms with E-state index in [1.807, 2.05) is 5.83 Å². The zero-order valence-corrected chi connectivity index (χ0v) is 11.8. The Morgan fingerprint density at radius 3 is 0.875 bits per heavy atom. The predicted molar refractivity (Wildman–Crippen MR) is 70.5 cm³/mol. The molecule has 7 saturated carbocycles. The molecule has 1 heteroatoms. The van der Waals surface area contributed by atoms with Gasteiger partial charge in [0.1, 0.15) is 0 Å². The molecule has 0 spiro atoms. The molecule has 0 N–H and O–H groups in total. The molecular formula is C15H23Br. The minimum absolute atomic E-state index is 1.19. The van der Waals surface area contributed by atoms with Crippen LogP contribution in [0.25, 0.3) is 0 Å². The van der Waals surface area contributed by atoms with Crippen LogP contribution in [0.4, 0.5) is 0 Å². The van der Waals surface area contributed by atoms with E-state index in [1.165, 1.54) is 47.3 Å². The van der Waals surface area contributed by atoms with Crippen molar-refractivity contribution in [2.45, 2.75) is 38.5 Å². The number of halogens is 1. The predicted octanol–water partition coefficient (Wildman–Crippen LogP) is 4.34. The fourth-order valence-corrected chi connectivity index (χ4v) is 6.89. The molecule has 0 aromatic heterocycles. The van der Waals surface area contributed by atoms with E-state index in [-0.39, 0.29) is 0 Å². The van der Waals surface area contributed by atoms with Gasteiger partial charge in [-0.3, -0.25) is 0 Å². The summed E-state index contributed by atoms with van der Waals surface area (Å²) in [4.78, 5) is 0. The van der Waals surface area contributed by atoms with Crippen LogP contribution in [0, 0.1) is 47.3 Å². The van der Waals surface area contributed by atoms with Crippen molar-refractivity contribution >= 4 is 15.9 Å². The molecule has 7 fully saturated rings. The normalized spacial score (nSPS) is 63.4. The largest absolute Gasteiger partial charge is 0.0966 e. The lowest BCUT2D eigenvalue weighted by Crippen LogP contribution is -2.62. The minimum Gasteiger partial charge on any atom is -0.0966 e. The zero-order valence-electron chi connectivity index (χ0n) is 10.2. The second-order valence-corrected chi connectivity index (χ2v) is 7.13. The Balaban J connectivity index is 0.000000345. The van der Waals surface area contributed by atoms with Gasteiger partial charge in [0.25, 0.3) is 0 Å². The fraction of sp³-hybridized carbons (Fsp3) is 1.00. The van der Waals surface area contributed by atoms with Gasteiger partial charge >= 0.3 is 0 Å². The first-order valence-electron chi connectivity index (χ1n) is 7.28. The second kappa shape index (κ2) is 3.49. The summed E-state index contributed by atoms with van der Waals surface area (Å²) in [6.07, 6.45) is 9.93. The Morgan fingerprint density at radius 1 is 0.500 bits per heavy atom. The highest BCUT2D eigenvalue weighted by Gasteiger charge is 2.63. The van der Waals surface area contributed by atoms with Crippen molar-refractivity contribution in [1.29, 1.82) is 0 Å². The van der Waals surface area contributed by atoms with Gasteiger partial charge in [0.15, 0.2) is 0 Å². The van der Waals surface area contributed by atoms with Crippen LogP contribution < -0.4 is 0 Å². The van der Waals surface area contributed by atoms with E-state index in [1.54, 1.807) is 38.5 Å². The van der Waals surface area contributed by atoms with Gasteiger partial charge in [0, 0.05) is 0 Å². The molecule has 7 aliphatic carbocycles. The SMILES string of the molecule is C1C2CC3C4CC5CC(C14)C(C2)C3C5.CBr. The van der Waals surface area contributed by atoms with Crippen molar-refractivity contribution in [3.63, 3.8) is 0 Å². The maximum atomic E-state index is 2.94. The van der Waals surface area contributed by atoms with Gasteiger partial charge in [-0.1, -0.05) is 15.9 Å². The van der Waals surface area contributed by atoms with Gasteiger partial charge in [0.05, 0.1) is 0 Å². The fourth-order valence-electron chi connectivity index (χ4n) is 6.89. The average Bonchev–Trinajstić information content (AvgIpc) is 2.37. The first-order chi connectivity index (χ1) is 7.90. The molecule has 0 aromatic carbocycles. The van der Waals surface area contributed by atoms with Crippen molar-refractivity contribution < 1.29 is 0 Å². The third-order valence-electron chi connectivity index (χ3n) is 6.93. The van der Waals surface area contributed by atoms with Crippen LogP contribution in [0.5, 0.6) is 0 Å². The minimum atomic E-state index is 1.19. The highest BCUT2D eigenvalue weighted by molar-refractivity contribution is 9.08. The smallest absolute Gasteiger partial charge is 0.00848 e. The summed E-state index contributed by atoms with van der Waals surface area (Å²) in [5, 5.41) is 0. The molecule has 0 nitrogen and oxygen atoms in total. The van der Waals surface area contributed by atoms with Gasteiger partial charge in [-0.15, -0.1) is 0 Å². The number of rotatable bonds is 0. The van der Waals surface area contributed by atoms with E-state index in [2.05, 4.69) is 15.9 Å². The van der Waals surface area contributed by atoms with Crippen molar-refractivity contribution in [1.82, 2.24) is 0 Å². The quantitative estimate of drug-likeness (QED) is 0.580.